The van der Waals surface area contributed by atoms with E-state index >= 15 is 0 Å². The zero-order valence-corrected chi connectivity index (χ0v) is 10.6. The molecule has 0 saturated heterocycles. The van der Waals surface area contributed by atoms with Gasteiger partial charge in [0.05, 0.1) is 6.54 Å². The Hall–Kier alpha value is -1.59. The zero-order chi connectivity index (χ0) is 13.6. The van der Waals surface area contributed by atoms with E-state index in [1.165, 1.54) is 0 Å². The third-order valence-electron chi connectivity index (χ3n) is 3.35. The molecule has 0 atom stereocenters. The van der Waals surface area contributed by atoms with Gasteiger partial charge in [0.2, 0.25) is 11.8 Å². The quantitative estimate of drug-likeness (QED) is 0.658. The minimum atomic E-state index is -1.10. The van der Waals surface area contributed by atoms with Crippen molar-refractivity contribution in [2.75, 3.05) is 13.1 Å². The van der Waals surface area contributed by atoms with Crippen LogP contribution in [0.15, 0.2) is 0 Å². The van der Waals surface area contributed by atoms with Gasteiger partial charge >= 0.3 is 5.97 Å². The molecule has 0 aromatic heterocycles. The lowest BCUT2D eigenvalue weighted by atomic mass is 9.75. The lowest BCUT2D eigenvalue weighted by molar-refractivity contribution is -0.138. The summed E-state index contributed by atoms with van der Waals surface area (Å²) in [6, 6.07) is 0. The highest BCUT2D eigenvalue weighted by atomic mass is 16.4. The van der Waals surface area contributed by atoms with E-state index in [-0.39, 0.29) is 17.9 Å². The van der Waals surface area contributed by atoms with Crippen molar-refractivity contribution < 1.29 is 19.5 Å². The van der Waals surface area contributed by atoms with Crippen molar-refractivity contribution in [3.63, 3.8) is 0 Å². The molecule has 6 heteroatoms. The van der Waals surface area contributed by atoms with Crippen LogP contribution >= 0.6 is 0 Å². The monoisotopic (exact) mass is 256 g/mol. The summed E-state index contributed by atoms with van der Waals surface area (Å²) in [6.07, 6.45) is 4.91. The van der Waals surface area contributed by atoms with E-state index in [2.05, 4.69) is 10.6 Å². The van der Waals surface area contributed by atoms with Gasteiger partial charge in [-0.15, -0.1) is 0 Å². The Morgan fingerprint density at radius 2 is 1.67 bits per heavy atom. The number of nitrogens with one attached hydrogen (secondary N) is 2. The number of carbonyl (C=O) groups excluding carboxylic acids is 2. The van der Waals surface area contributed by atoms with Crippen LogP contribution in [0.3, 0.4) is 0 Å². The number of carboxylic acids is 1. The van der Waals surface area contributed by atoms with Crippen LogP contribution in [-0.2, 0) is 14.4 Å². The molecule has 0 unspecified atom stereocenters. The predicted octanol–water partition coefficient (Wildman–Crippen LogP) is 0.274. The minimum absolute atomic E-state index is 0.118. The van der Waals surface area contributed by atoms with Gasteiger partial charge < -0.3 is 15.7 Å². The van der Waals surface area contributed by atoms with Gasteiger partial charge in [-0.1, -0.05) is 26.2 Å². The molecule has 0 bridgehead atoms. The Morgan fingerprint density at radius 3 is 2.22 bits per heavy atom. The summed E-state index contributed by atoms with van der Waals surface area (Å²) < 4.78 is 0. The second-order valence-corrected chi connectivity index (χ2v) is 4.97. The van der Waals surface area contributed by atoms with Gasteiger partial charge in [-0.2, -0.15) is 0 Å². The van der Waals surface area contributed by atoms with Crippen LogP contribution < -0.4 is 10.6 Å². The molecule has 1 saturated carbocycles. The number of aliphatic carboxylic acids is 1. The first kappa shape index (κ1) is 14.5. The summed E-state index contributed by atoms with van der Waals surface area (Å²) in [4.78, 5) is 33.4. The van der Waals surface area contributed by atoms with Gasteiger partial charge in [-0.3, -0.25) is 14.4 Å². The minimum Gasteiger partial charge on any atom is -0.480 e. The van der Waals surface area contributed by atoms with E-state index in [4.69, 9.17) is 5.11 Å². The van der Waals surface area contributed by atoms with Gasteiger partial charge in [0.1, 0.15) is 6.54 Å². The Kier molecular flexibility index (Phi) is 5.12. The summed E-state index contributed by atoms with van der Waals surface area (Å²) in [7, 11) is 0. The van der Waals surface area contributed by atoms with Crippen LogP contribution in [0.2, 0.25) is 0 Å². The lowest BCUT2D eigenvalue weighted by Gasteiger charge is -2.31. The Balaban J connectivity index is 2.31. The molecular formula is C12H20N2O4. The topological polar surface area (TPSA) is 95.5 Å². The molecule has 0 aromatic rings. The first-order chi connectivity index (χ1) is 8.44. The smallest absolute Gasteiger partial charge is 0.322 e. The number of amides is 2. The fourth-order valence-corrected chi connectivity index (χ4v) is 2.17. The van der Waals surface area contributed by atoms with E-state index in [1.54, 1.807) is 0 Å². The van der Waals surface area contributed by atoms with E-state index in [9.17, 15) is 14.4 Å². The van der Waals surface area contributed by atoms with Crippen molar-refractivity contribution in [2.45, 2.75) is 39.0 Å². The molecule has 0 heterocycles. The van der Waals surface area contributed by atoms with Crippen molar-refractivity contribution in [3.8, 4) is 0 Å². The number of carbonyl (C=O) groups is 3. The highest BCUT2D eigenvalue weighted by Gasteiger charge is 2.34. The van der Waals surface area contributed by atoms with Crippen molar-refractivity contribution >= 4 is 17.8 Å². The Morgan fingerprint density at radius 1 is 1.06 bits per heavy atom. The first-order valence-corrected chi connectivity index (χ1v) is 6.21. The average molecular weight is 256 g/mol. The molecule has 0 spiro atoms. The number of rotatable bonds is 5. The van der Waals surface area contributed by atoms with E-state index in [0.29, 0.717) is 0 Å². The lowest BCUT2D eigenvalue weighted by Crippen LogP contribution is -2.45. The van der Waals surface area contributed by atoms with Gasteiger partial charge in [-0.25, -0.2) is 0 Å². The molecule has 1 rings (SSSR count). The molecule has 0 radical (unpaired) electrons. The van der Waals surface area contributed by atoms with Gasteiger partial charge in [0.15, 0.2) is 0 Å². The molecule has 2 amide bonds. The summed E-state index contributed by atoms with van der Waals surface area (Å²) in [5.41, 5.74) is -0.384. The maximum atomic E-state index is 12.0. The molecular weight excluding hydrogens is 236 g/mol. The Bertz CT molecular complexity index is 335. The molecule has 3 N–H and O–H groups in total. The third-order valence-corrected chi connectivity index (χ3v) is 3.35. The maximum Gasteiger partial charge on any atom is 0.322 e. The zero-order valence-electron chi connectivity index (χ0n) is 10.6. The van der Waals surface area contributed by atoms with Crippen LogP contribution in [0.1, 0.15) is 39.0 Å². The highest BCUT2D eigenvalue weighted by molar-refractivity contribution is 5.88. The standard InChI is InChI=1S/C12H20N2O4/c1-12(5-3-2-4-6-12)11(18)14-7-9(15)13-8-10(16)17/h2-8H2,1H3,(H,13,15)(H,14,18)(H,16,17). The van der Waals surface area contributed by atoms with Crippen LogP contribution in [0, 0.1) is 5.41 Å². The van der Waals surface area contributed by atoms with Gasteiger partial charge in [0.25, 0.3) is 0 Å². The summed E-state index contributed by atoms with van der Waals surface area (Å²) in [6.45, 7) is 1.32. The maximum absolute atomic E-state index is 12.0. The molecule has 1 aliphatic carbocycles. The third kappa shape index (κ3) is 4.35. The SMILES string of the molecule is CC1(C(=O)NCC(=O)NCC(=O)O)CCCCC1. The number of carboxylic acid groups (broad SMARTS) is 1. The molecule has 0 aromatic carbocycles. The first-order valence-electron chi connectivity index (χ1n) is 6.21. The molecule has 18 heavy (non-hydrogen) atoms. The van der Waals surface area contributed by atoms with Crippen molar-refractivity contribution in [1.29, 1.82) is 0 Å². The summed E-state index contributed by atoms with van der Waals surface area (Å²) in [5.74, 6) is -1.70. The fraction of sp³-hybridized carbons (Fsp3) is 0.750. The summed E-state index contributed by atoms with van der Waals surface area (Å²) >= 11 is 0. The second kappa shape index (κ2) is 6.37. The van der Waals surface area contributed by atoms with Crippen molar-refractivity contribution in [3.05, 3.63) is 0 Å². The van der Waals surface area contributed by atoms with Crippen LogP contribution in [0.5, 0.6) is 0 Å². The molecule has 102 valence electrons. The number of hydrogen-bond acceptors (Lipinski definition) is 3. The fourth-order valence-electron chi connectivity index (χ4n) is 2.17. The predicted molar refractivity (Wildman–Crippen MR) is 64.8 cm³/mol. The normalized spacial score (nSPS) is 17.8. The molecule has 6 nitrogen and oxygen atoms in total. The van der Waals surface area contributed by atoms with E-state index < -0.39 is 18.4 Å². The van der Waals surface area contributed by atoms with Crippen molar-refractivity contribution in [2.24, 2.45) is 5.41 Å². The Labute approximate surface area is 106 Å². The summed E-state index contributed by atoms with van der Waals surface area (Å²) in [5, 5.41) is 13.2. The number of hydrogen-bond donors (Lipinski definition) is 3. The second-order valence-electron chi connectivity index (χ2n) is 4.97. The largest absolute Gasteiger partial charge is 0.480 e. The van der Waals surface area contributed by atoms with Crippen LogP contribution in [-0.4, -0.2) is 36.0 Å². The van der Waals surface area contributed by atoms with Crippen molar-refractivity contribution in [1.82, 2.24) is 10.6 Å². The van der Waals surface area contributed by atoms with Crippen LogP contribution in [0.25, 0.3) is 0 Å². The van der Waals surface area contributed by atoms with E-state index in [0.717, 1.165) is 32.1 Å². The molecule has 1 aliphatic rings. The van der Waals surface area contributed by atoms with E-state index in [1.807, 2.05) is 6.92 Å². The molecule has 0 aliphatic heterocycles. The molecule has 1 fully saturated rings. The van der Waals surface area contributed by atoms with Crippen LogP contribution in [0.4, 0.5) is 0 Å². The van der Waals surface area contributed by atoms with Gasteiger partial charge in [0, 0.05) is 5.41 Å². The average Bonchev–Trinajstić information content (AvgIpc) is 2.34. The highest BCUT2D eigenvalue weighted by Crippen LogP contribution is 2.35. The van der Waals surface area contributed by atoms with Gasteiger partial charge in [-0.05, 0) is 12.8 Å².